The van der Waals surface area contributed by atoms with Gasteiger partial charge in [0.15, 0.2) is 0 Å². The number of benzene rings is 3. The first-order valence-corrected chi connectivity index (χ1v) is 7.31. The molecule has 1 aliphatic heterocycles. The molecule has 0 unspecified atom stereocenters. The second-order valence-corrected chi connectivity index (χ2v) is 5.58. The summed E-state index contributed by atoms with van der Waals surface area (Å²) >= 11 is 0. The van der Waals surface area contributed by atoms with Gasteiger partial charge in [0.25, 0.3) is 0 Å². The fraction of sp³-hybridized carbons (Fsp3) is 0.158. The van der Waals surface area contributed by atoms with Gasteiger partial charge in [-0.2, -0.15) is 0 Å². The van der Waals surface area contributed by atoms with Crippen molar-refractivity contribution >= 4 is 10.8 Å². The highest BCUT2D eigenvalue weighted by Crippen LogP contribution is 2.36. The fourth-order valence-corrected chi connectivity index (χ4v) is 3.17. The van der Waals surface area contributed by atoms with E-state index in [0.717, 1.165) is 12.2 Å². The summed E-state index contributed by atoms with van der Waals surface area (Å²) in [5.41, 5.74) is 8.76. The smallest absolute Gasteiger partial charge is 0.140 e. The van der Waals surface area contributed by atoms with Crippen molar-refractivity contribution in [3.05, 3.63) is 77.9 Å². The van der Waals surface area contributed by atoms with Crippen molar-refractivity contribution in [2.24, 2.45) is 5.73 Å². The number of para-hydroxylation sites is 1. The summed E-state index contributed by atoms with van der Waals surface area (Å²) in [7, 11) is 0. The Balaban J connectivity index is 1.82. The zero-order valence-corrected chi connectivity index (χ0v) is 11.7. The Hall–Kier alpha value is -2.32. The van der Waals surface area contributed by atoms with E-state index in [-0.39, 0.29) is 12.1 Å². The zero-order valence-electron chi connectivity index (χ0n) is 11.7. The van der Waals surface area contributed by atoms with E-state index in [0.29, 0.717) is 0 Å². The molecule has 0 saturated carbocycles. The van der Waals surface area contributed by atoms with Crippen LogP contribution in [-0.4, -0.2) is 6.04 Å². The highest BCUT2D eigenvalue weighted by Gasteiger charge is 2.29. The minimum Gasteiger partial charge on any atom is -0.484 e. The van der Waals surface area contributed by atoms with E-state index in [9.17, 15) is 0 Å². The number of ether oxygens (including phenoxy) is 1. The van der Waals surface area contributed by atoms with Crippen molar-refractivity contribution in [3.8, 4) is 5.75 Å². The maximum absolute atomic E-state index is 6.39. The van der Waals surface area contributed by atoms with Gasteiger partial charge in [-0.1, -0.05) is 60.7 Å². The van der Waals surface area contributed by atoms with Gasteiger partial charge in [-0.15, -0.1) is 0 Å². The molecule has 0 amide bonds. The molecule has 4 rings (SSSR count). The quantitative estimate of drug-likeness (QED) is 0.732. The number of fused-ring (bicyclic) bond motifs is 2. The average molecular weight is 275 g/mol. The van der Waals surface area contributed by atoms with Gasteiger partial charge < -0.3 is 10.5 Å². The second kappa shape index (κ2) is 4.90. The molecule has 3 aromatic rings. The van der Waals surface area contributed by atoms with Crippen LogP contribution < -0.4 is 10.5 Å². The molecule has 0 spiro atoms. The van der Waals surface area contributed by atoms with Crippen LogP contribution in [0.15, 0.2) is 66.7 Å². The van der Waals surface area contributed by atoms with Crippen LogP contribution in [0.2, 0.25) is 0 Å². The summed E-state index contributed by atoms with van der Waals surface area (Å²) in [6.07, 6.45) is 0.760. The lowest BCUT2D eigenvalue weighted by Crippen LogP contribution is -2.37. The molecule has 0 aliphatic carbocycles. The molecule has 3 aromatic carbocycles. The molecule has 1 aliphatic rings. The topological polar surface area (TPSA) is 35.2 Å². The van der Waals surface area contributed by atoms with Crippen LogP contribution in [0.4, 0.5) is 0 Å². The van der Waals surface area contributed by atoms with Crippen LogP contribution in [0.3, 0.4) is 0 Å². The van der Waals surface area contributed by atoms with Crippen LogP contribution >= 0.6 is 0 Å². The minimum atomic E-state index is -0.0917. The van der Waals surface area contributed by atoms with Crippen LogP contribution in [0.5, 0.6) is 5.75 Å². The van der Waals surface area contributed by atoms with Crippen molar-refractivity contribution in [1.82, 2.24) is 0 Å². The Morgan fingerprint density at radius 2 is 1.62 bits per heavy atom. The van der Waals surface area contributed by atoms with Gasteiger partial charge in [0.2, 0.25) is 0 Å². The Morgan fingerprint density at radius 3 is 2.57 bits per heavy atom. The van der Waals surface area contributed by atoms with Gasteiger partial charge in [-0.25, -0.2) is 0 Å². The maximum atomic E-state index is 6.39. The molecule has 0 saturated heterocycles. The number of rotatable bonds is 1. The number of nitrogens with two attached hydrogens (primary N) is 1. The van der Waals surface area contributed by atoms with E-state index < -0.39 is 0 Å². The van der Waals surface area contributed by atoms with Crippen molar-refractivity contribution in [2.75, 3.05) is 0 Å². The predicted molar refractivity (Wildman–Crippen MR) is 85.4 cm³/mol. The highest BCUT2D eigenvalue weighted by atomic mass is 16.5. The first-order chi connectivity index (χ1) is 10.3. The summed E-state index contributed by atoms with van der Waals surface area (Å²) in [6, 6.07) is 22.9. The lowest BCUT2D eigenvalue weighted by molar-refractivity contribution is 0.155. The Labute approximate surface area is 124 Å². The van der Waals surface area contributed by atoms with Gasteiger partial charge in [-0.05, 0) is 28.8 Å². The summed E-state index contributed by atoms with van der Waals surface area (Å²) in [4.78, 5) is 0. The Kier molecular flexibility index (Phi) is 2.90. The van der Waals surface area contributed by atoms with E-state index in [1.807, 2.05) is 18.2 Å². The molecule has 21 heavy (non-hydrogen) atoms. The summed E-state index contributed by atoms with van der Waals surface area (Å²) < 4.78 is 6.21. The van der Waals surface area contributed by atoms with Gasteiger partial charge in [0.05, 0.1) is 6.04 Å². The molecule has 0 bridgehead atoms. The van der Waals surface area contributed by atoms with E-state index in [1.54, 1.807) is 0 Å². The maximum Gasteiger partial charge on any atom is 0.140 e. The minimum absolute atomic E-state index is 0.0225. The molecule has 0 fully saturated rings. The fourth-order valence-electron chi connectivity index (χ4n) is 3.17. The SMILES string of the molecule is N[C@@H]1Cc2ccccc2O[C@@H]1c1cccc2ccccc12. The average Bonchev–Trinajstić information content (AvgIpc) is 2.54. The molecular weight excluding hydrogens is 258 g/mol. The monoisotopic (exact) mass is 275 g/mol. The molecule has 1 heterocycles. The van der Waals surface area contributed by atoms with Crippen molar-refractivity contribution < 1.29 is 4.74 Å². The van der Waals surface area contributed by atoms with E-state index in [1.165, 1.54) is 21.9 Å². The molecule has 104 valence electrons. The number of hydrogen-bond donors (Lipinski definition) is 1. The standard InChI is InChI=1S/C19H17NO/c20-17-12-14-7-2-4-11-18(14)21-19(17)16-10-5-8-13-6-1-3-9-15(13)16/h1-11,17,19H,12,20H2/t17-,19-/m1/s1. The largest absolute Gasteiger partial charge is 0.484 e. The normalized spacial score (nSPS) is 20.8. The van der Waals surface area contributed by atoms with Gasteiger partial charge >= 0.3 is 0 Å². The van der Waals surface area contributed by atoms with Crippen LogP contribution in [0, 0.1) is 0 Å². The van der Waals surface area contributed by atoms with E-state index in [2.05, 4.69) is 48.5 Å². The molecule has 2 atom stereocenters. The second-order valence-electron chi connectivity index (χ2n) is 5.58. The van der Waals surface area contributed by atoms with Crippen LogP contribution in [0.1, 0.15) is 17.2 Å². The van der Waals surface area contributed by atoms with Crippen LogP contribution in [-0.2, 0) is 6.42 Å². The van der Waals surface area contributed by atoms with Gasteiger partial charge in [-0.3, -0.25) is 0 Å². The predicted octanol–water partition coefficient (Wildman–Crippen LogP) is 3.84. The molecule has 2 N–H and O–H groups in total. The Bertz CT molecular complexity index is 791. The third-order valence-corrected chi connectivity index (χ3v) is 4.20. The Morgan fingerprint density at radius 1 is 0.857 bits per heavy atom. The summed E-state index contributed by atoms with van der Waals surface area (Å²) in [6.45, 7) is 0. The van der Waals surface area contributed by atoms with Crippen molar-refractivity contribution in [1.29, 1.82) is 0 Å². The molecule has 0 aromatic heterocycles. The highest BCUT2D eigenvalue weighted by molar-refractivity contribution is 5.86. The van der Waals surface area contributed by atoms with E-state index >= 15 is 0 Å². The van der Waals surface area contributed by atoms with Crippen molar-refractivity contribution in [2.45, 2.75) is 18.6 Å². The molecule has 2 nitrogen and oxygen atoms in total. The lowest BCUT2D eigenvalue weighted by Gasteiger charge is -2.32. The summed E-state index contributed by atoms with van der Waals surface area (Å²) in [5.74, 6) is 0.956. The lowest BCUT2D eigenvalue weighted by atomic mass is 9.90. The van der Waals surface area contributed by atoms with E-state index in [4.69, 9.17) is 10.5 Å². The van der Waals surface area contributed by atoms with Gasteiger partial charge in [0.1, 0.15) is 11.9 Å². The molecule has 2 heteroatoms. The third kappa shape index (κ3) is 2.08. The number of hydrogen-bond acceptors (Lipinski definition) is 2. The summed E-state index contributed by atoms with van der Waals surface area (Å²) in [5, 5.41) is 2.45. The van der Waals surface area contributed by atoms with Crippen LogP contribution in [0.25, 0.3) is 10.8 Å². The van der Waals surface area contributed by atoms with Crippen molar-refractivity contribution in [3.63, 3.8) is 0 Å². The first kappa shape index (κ1) is 12.4. The van der Waals surface area contributed by atoms with Gasteiger partial charge in [0, 0.05) is 5.56 Å². The zero-order chi connectivity index (χ0) is 14.2. The molecule has 0 radical (unpaired) electrons. The molecular formula is C19H17NO. The third-order valence-electron chi connectivity index (χ3n) is 4.20. The first-order valence-electron chi connectivity index (χ1n) is 7.31.